The van der Waals surface area contributed by atoms with Gasteiger partial charge in [-0.1, -0.05) is 18.5 Å². The molecule has 0 aliphatic carbocycles. The molecular formula is C10H12ClN3O3. The number of non-ortho nitro benzene ring substituents is 1. The van der Waals surface area contributed by atoms with Gasteiger partial charge < -0.3 is 11.1 Å². The van der Waals surface area contributed by atoms with Crippen molar-refractivity contribution >= 4 is 28.9 Å². The molecule has 0 heterocycles. The zero-order valence-electron chi connectivity index (χ0n) is 9.14. The fraction of sp³-hybridized carbons (Fsp3) is 0.300. The van der Waals surface area contributed by atoms with Crippen LogP contribution in [0.2, 0.25) is 5.02 Å². The Hall–Kier alpha value is -1.66. The maximum Gasteiger partial charge on any atom is 0.271 e. The van der Waals surface area contributed by atoms with Crippen molar-refractivity contribution in [2.24, 2.45) is 5.73 Å². The molecule has 17 heavy (non-hydrogen) atoms. The van der Waals surface area contributed by atoms with Crippen molar-refractivity contribution in [3.8, 4) is 0 Å². The third-order valence-corrected chi connectivity index (χ3v) is 2.52. The topological polar surface area (TPSA) is 98.3 Å². The Labute approximate surface area is 103 Å². The quantitative estimate of drug-likeness (QED) is 0.636. The lowest BCUT2D eigenvalue weighted by atomic mass is 10.2. The van der Waals surface area contributed by atoms with Gasteiger partial charge in [0, 0.05) is 12.1 Å². The summed E-state index contributed by atoms with van der Waals surface area (Å²) < 4.78 is 0. The third-order valence-electron chi connectivity index (χ3n) is 2.20. The molecule has 7 heteroatoms. The monoisotopic (exact) mass is 257 g/mol. The number of nitrogens with one attached hydrogen (secondary N) is 1. The van der Waals surface area contributed by atoms with Crippen LogP contribution in [0.15, 0.2) is 18.2 Å². The standard InChI is InChI=1S/C10H12ClN3O3/c1-2-8(12)10(15)13-9-5-6(14(16)17)3-4-7(9)11/h3-5,8H,2,12H2,1H3,(H,13,15). The van der Waals surface area contributed by atoms with E-state index in [1.807, 2.05) is 0 Å². The van der Waals surface area contributed by atoms with E-state index in [0.717, 1.165) is 0 Å². The van der Waals surface area contributed by atoms with Crippen molar-refractivity contribution in [2.75, 3.05) is 5.32 Å². The Morgan fingerprint density at radius 3 is 2.82 bits per heavy atom. The molecule has 0 fully saturated rings. The van der Waals surface area contributed by atoms with Crippen molar-refractivity contribution in [3.05, 3.63) is 33.3 Å². The Balaban J connectivity index is 2.94. The van der Waals surface area contributed by atoms with Crippen LogP contribution in [-0.4, -0.2) is 16.9 Å². The summed E-state index contributed by atoms with van der Waals surface area (Å²) >= 11 is 5.81. The van der Waals surface area contributed by atoms with E-state index in [9.17, 15) is 14.9 Å². The van der Waals surface area contributed by atoms with Crippen LogP contribution < -0.4 is 11.1 Å². The van der Waals surface area contributed by atoms with Crippen molar-refractivity contribution in [3.63, 3.8) is 0 Å². The molecule has 0 spiro atoms. The van der Waals surface area contributed by atoms with E-state index in [1.165, 1.54) is 18.2 Å². The number of nitro groups is 1. The molecule has 0 aromatic heterocycles. The van der Waals surface area contributed by atoms with Gasteiger partial charge in [-0.15, -0.1) is 0 Å². The number of halogens is 1. The lowest BCUT2D eigenvalue weighted by Crippen LogP contribution is -2.34. The minimum atomic E-state index is -0.662. The van der Waals surface area contributed by atoms with Gasteiger partial charge in [0.25, 0.3) is 5.69 Å². The van der Waals surface area contributed by atoms with E-state index >= 15 is 0 Å². The number of carbonyl (C=O) groups excluding carboxylic acids is 1. The zero-order chi connectivity index (χ0) is 13.0. The maximum atomic E-state index is 11.5. The predicted molar refractivity (Wildman–Crippen MR) is 65.0 cm³/mol. The summed E-state index contributed by atoms with van der Waals surface area (Å²) in [5.41, 5.74) is 5.57. The minimum absolute atomic E-state index is 0.144. The minimum Gasteiger partial charge on any atom is -0.323 e. The van der Waals surface area contributed by atoms with Gasteiger partial charge >= 0.3 is 0 Å². The van der Waals surface area contributed by atoms with Gasteiger partial charge in [0.05, 0.1) is 21.7 Å². The second-order valence-corrected chi connectivity index (χ2v) is 3.83. The molecule has 1 amide bonds. The van der Waals surface area contributed by atoms with E-state index in [1.54, 1.807) is 6.92 Å². The molecule has 0 saturated heterocycles. The number of anilines is 1. The van der Waals surface area contributed by atoms with Crippen LogP contribution in [0.3, 0.4) is 0 Å². The number of carbonyl (C=O) groups is 1. The number of rotatable bonds is 4. The van der Waals surface area contributed by atoms with Gasteiger partial charge in [0.1, 0.15) is 0 Å². The second kappa shape index (κ2) is 5.60. The van der Waals surface area contributed by atoms with E-state index < -0.39 is 16.9 Å². The van der Waals surface area contributed by atoms with Gasteiger partial charge in [-0.25, -0.2) is 0 Å². The molecule has 0 radical (unpaired) electrons. The Bertz CT molecular complexity index is 450. The highest BCUT2D eigenvalue weighted by Gasteiger charge is 2.15. The molecule has 92 valence electrons. The highest BCUT2D eigenvalue weighted by atomic mass is 35.5. The number of nitrogens with two attached hydrogens (primary N) is 1. The fourth-order valence-corrected chi connectivity index (χ4v) is 1.30. The number of hydrogen-bond donors (Lipinski definition) is 2. The average Bonchev–Trinajstić information content (AvgIpc) is 2.30. The molecule has 0 aliphatic rings. The molecule has 1 unspecified atom stereocenters. The van der Waals surface area contributed by atoms with Crippen LogP contribution in [0.25, 0.3) is 0 Å². The van der Waals surface area contributed by atoms with Gasteiger partial charge in [-0.2, -0.15) is 0 Å². The smallest absolute Gasteiger partial charge is 0.271 e. The first kappa shape index (κ1) is 13.4. The first-order valence-corrected chi connectivity index (χ1v) is 5.34. The van der Waals surface area contributed by atoms with Crippen LogP contribution in [0.5, 0.6) is 0 Å². The average molecular weight is 258 g/mol. The molecule has 1 rings (SSSR count). The highest BCUT2D eigenvalue weighted by molar-refractivity contribution is 6.33. The van der Waals surface area contributed by atoms with Crippen LogP contribution in [-0.2, 0) is 4.79 Å². The maximum absolute atomic E-state index is 11.5. The summed E-state index contributed by atoms with van der Waals surface area (Å²) in [5, 5.41) is 13.3. The first-order valence-electron chi connectivity index (χ1n) is 4.96. The van der Waals surface area contributed by atoms with Crippen molar-refractivity contribution in [1.82, 2.24) is 0 Å². The number of amides is 1. The Morgan fingerprint density at radius 2 is 2.29 bits per heavy atom. The second-order valence-electron chi connectivity index (χ2n) is 3.43. The number of hydrogen-bond acceptors (Lipinski definition) is 4. The van der Waals surface area contributed by atoms with Gasteiger partial charge in [0.2, 0.25) is 5.91 Å². The van der Waals surface area contributed by atoms with Gasteiger partial charge in [-0.05, 0) is 12.5 Å². The lowest BCUT2D eigenvalue weighted by Gasteiger charge is -2.10. The molecule has 0 bridgehead atoms. The normalized spacial score (nSPS) is 11.9. The third kappa shape index (κ3) is 3.40. The lowest BCUT2D eigenvalue weighted by molar-refractivity contribution is -0.384. The fourth-order valence-electron chi connectivity index (χ4n) is 1.13. The molecule has 1 atom stereocenters. The number of nitrogens with zero attached hydrogens (tertiary/aromatic N) is 1. The SMILES string of the molecule is CCC(N)C(=O)Nc1cc([N+](=O)[O-])ccc1Cl. The summed E-state index contributed by atoms with van der Waals surface area (Å²) in [6.45, 7) is 1.76. The highest BCUT2D eigenvalue weighted by Crippen LogP contribution is 2.26. The molecular weight excluding hydrogens is 246 g/mol. The van der Waals surface area contributed by atoms with E-state index in [4.69, 9.17) is 17.3 Å². The molecule has 3 N–H and O–H groups in total. The van der Waals surface area contributed by atoms with Crippen LogP contribution in [0.1, 0.15) is 13.3 Å². The van der Waals surface area contributed by atoms with Crippen LogP contribution in [0, 0.1) is 10.1 Å². The molecule has 1 aromatic rings. The summed E-state index contributed by atoms with van der Waals surface area (Å²) in [5.74, 6) is -0.421. The molecule has 1 aromatic carbocycles. The van der Waals surface area contributed by atoms with E-state index in [2.05, 4.69) is 5.32 Å². The number of nitro benzene ring substituents is 1. The van der Waals surface area contributed by atoms with Crippen molar-refractivity contribution in [1.29, 1.82) is 0 Å². The summed E-state index contributed by atoms with van der Waals surface area (Å²) in [6, 6.07) is 3.15. The summed E-state index contributed by atoms with van der Waals surface area (Å²) in [4.78, 5) is 21.5. The van der Waals surface area contributed by atoms with Crippen molar-refractivity contribution in [2.45, 2.75) is 19.4 Å². The molecule has 0 saturated carbocycles. The van der Waals surface area contributed by atoms with Crippen LogP contribution >= 0.6 is 11.6 Å². The predicted octanol–water partition coefficient (Wildman–Crippen LogP) is 1.92. The molecule has 0 aliphatic heterocycles. The Kier molecular flexibility index (Phi) is 4.42. The summed E-state index contributed by atoms with van der Waals surface area (Å²) in [6.07, 6.45) is 0.471. The van der Waals surface area contributed by atoms with Gasteiger partial charge in [0.15, 0.2) is 0 Å². The van der Waals surface area contributed by atoms with Crippen LogP contribution in [0.4, 0.5) is 11.4 Å². The van der Waals surface area contributed by atoms with E-state index in [0.29, 0.717) is 6.42 Å². The Morgan fingerprint density at radius 1 is 1.65 bits per heavy atom. The summed E-state index contributed by atoms with van der Waals surface area (Å²) in [7, 11) is 0. The first-order chi connectivity index (χ1) is 7.95. The van der Waals surface area contributed by atoms with Gasteiger partial charge in [-0.3, -0.25) is 14.9 Å². The number of benzene rings is 1. The van der Waals surface area contributed by atoms with E-state index in [-0.39, 0.29) is 16.4 Å². The zero-order valence-corrected chi connectivity index (χ0v) is 9.90. The molecule has 6 nitrogen and oxygen atoms in total. The largest absolute Gasteiger partial charge is 0.323 e. The van der Waals surface area contributed by atoms with Crippen molar-refractivity contribution < 1.29 is 9.72 Å².